The monoisotopic (exact) mass is 495 g/mol. The third-order valence-corrected chi connectivity index (χ3v) is 5.54. The summed E-state index contributed by atoms with van der Waals surface area (Å²) in [5.74, 6) is 0.312. The number of amides is 1. The van der Waals surface area contributed by atoms with Crippen LogP contribution in [0.2, 0.25) is 5.28 Å². The first-order valence-corrected chi connectivity index (χ1v) is 10.8. The molecule has 34 heavy (non-hydrogen) atoms. The Balaban J connectivity index is 1.52. The SMILES string of the molecule is CC(C)C1COC(=O)N1c1nc(Cl)nc(N[C@@H](C)c2cn(-c3ccc(C(F)(F)F)cc3)cn2)n1. The minimum absolute atomic E-state index is 0.0752. The number of rotatable bonds is 6. The fourth-order valence-corrected chi connectivity index (χ4v) is 3.62. The van der Waals surface area contributed by atoms with Crippen molar-refractivity contribution in [3.8, 4) is 5.69 Å². The molecular formula is C21H21ClF3N7O2. The van der Waals surface area contributed by atoms with E-state index in [1.165, 1.54) is 23.4 Å². The summed E-state index contributed by atoms with van der Waals surface area (Å²) in [5, 5.41) is 2.97. The van der Waals surface area contributed by atoms with E-state index in [4.69, 9.17) is 16.3 Å². The van der Waals surface area contributed by atoms with E-state index in [0.29, 0.717) is 11.4 Å². The van der Waals surface area contributed by atoms with Crippen molar-refractivity contribution in [3.05, 3.63) is 53.3 Å². The van der Waals surface area contributed by atoms with Gasteiger partial charge in [-0.25, -0.2) is 14.7 Å². The number of anilines is 2. The van der Waals surface area contributed by atoms with Crippen LogP contribution in [0.25, 0.3) is 5.69 Å². The molecule has 1 aliphatic rings. The van der Waals surface area contributed by atoms with Gasteiger partial charge in [0.25, 0.3) is 0 Å². The summed E-state index contributed by atoms with van der Waals surface area (Å²) >= 11 is 6.08. The van der Waals surface area contributed by atoms with Crippen LogP contribution in [-0.2, 0) is 10.9 Å². The van der Waals surface area contributed by atoms with Crippen LogP contribution in [0.4, 0.5) is 29.9 Å². The van der Waals surface area contributed by atoms with Crippen molar-refractivity contribution in [2.45, 2.75) is 39.0 Å². The van der Waals surface area contributed by atoms with Gasteiger partial charge < -0.3 is 14.6 Å². The summed E-state index contributed by atoms with van der Waals surface area (Å²) in [6.45, 7) is 5.94. The van der Waals surface area contributed by atoms with E-state index in [9.17, 15) is 18.0 Å². The zero-order valence-electron chi connectivity index (χ0n) is 18.4. The molecule has 1 amide bonds. The molecule has 9 nitrogen and oxygen atoms in total. The van der Waals surface area contributed by atoms with Crippen LogP contribution >= 0.6 is 11.6 Å². The Morgan fingerprint density at radius 1 is 1.15 bits per heavy atom. The van der Waals surface area contributed by atoms with Gasteiger partial charge in [-0.05, 0) is 48.7 Å². The summed E-state index contributed by atoms with van der Waals surface area (Å²) in [5.41, 5.74) is 0.381. The van der Waals surface area contributed by atoms with Crippen molar-refractivity contribution in [2.24, 2.45) is 5.92 Å². The molecule has 180 valence electrons. The van der Waals surface area contributed by atoms with Crippen molar-refractivity contribution in [3.63, 3.8) is 0 Å². The lowest BCUT2D eigenvalue weighted by Crippen LogP contribution is -2.38. The lowest BCUT2D eigenvalue weighted by Gasteiger charge is -2.22. The first kappa shape index (κ1) is 23.7. The van der Waals surface area contributed by atoms with Gasteiger partial charge >= 0.3 is 12.3 Å². The average Bonchev–Trinajstić information content (AvgIpc) is 3.40. The number of hydrogen-bond acceptors (Lipinski definition) is 7. The summed E-state index contributed by atoms with van der Waals surface area (Å²) in [7, 11) is 0. The van der Waals surface area contributed by atoms with E-state index in [-0.39, 0.29) is 35.7 Å². The molecule has 1 N–H and O–H groups in total. The Labute approximate surface area is 198 Å². The third kappa shape index (κ3) is 4.91. The molecule has 0 bridgehead atoms. The second kappa shape index (κ2) is 9.09. The van der Waals surface area contributed by atoms with E-state index in [0.717, 1.165) is 12.1 Å². The van der Waals surface area contributed by atoms with Gasteiger partial charge in [0.2, 0.25) is 17.2 Å². The highest BCUT2D eigenvalue weighted by Crippen LogP contribution is 2.30. The fourth-order valence-electron chi connectivity index (χ4n) is 3.46. The highest BCUT2D eigenvalue weighted by atomic mass is 35.5. The Hall–Kier alpha value is -3.41. The largest absolute Gasteiger partial charge is 0.447 e. The van der Waals surface area contributed by atoms with Crippen molar-refractivity contribution in [1.82, 2.24) is 24.5 Å². The van der Waals surface area contributed by atoms with Gasteiger partial charge in [-0.3, -0.25) is 0 Å². The number of imidazole rings is 1. The lowest BCUT2D eigenvalue weighted by molar-refractivity contribution is -0.137. The molecule has 2 aromatic heterocycles. The Kier molecular flexibility index (Phi) is 6.34. The highest BCUT2D eigenvalue weighted by molar-refractivity contribution is 6.28. The predicted octanol–water partition coefficient (Wildman–Crippen LogP) is 4.88. The van der Waals surface area contributed by atoms with Crippen LogP contribution in [0.1, 0.15) is 38.1 Å². The predicted molar refractivity (Wildman–Crippen MR) is 118 cm³/mol. The maximum atomic E-state index is 12.8. The maximum Gasteiger partial charge on any atom is 0.417 e. The summed E-state index contributed by atoms with van der Waals surface area (Å²) in [6, 6.07) is 4.12. The van der Waals surface area contributed by atoms with Crippen LogP contribution < -0.4 is 10.2 Å². The normalized spacial score (nSPS) is 17.2. The fraction of sp³-hybridized carbons (Fsp3) is 0.381. The van der Waals surface area contributed by atoms with Crippen LogP contribution in [-0.4, -0.2) is 43.2 Å². The van der Waals surface area contributed by atoms with Crippen LogP contribution in [0, 0.1) is 5.92 Å². The molecule has 0 radical (unpaired) electrons. The van der Waals surface area contributed by atoms with Gasteiger partial charge in [-0.15, -0.1) is 0 Å². The van der Waals surface area contributed by atoms with Gasteiger partial charge in [0, 0.05) is 11.9 Å². The van der Waals surface area contributed by atoms with Crippen molar-refractivity contribution >= 4 is 29.6 Å². The molecular weight excluding hydrogens is 475 g/mol. The van der Waals surface area contributed by atoms with Crippen molar-refractivity contribution < 1.29 is 22.7 Å². The van der Waals surface area contributed by atoms with Gasteiger partial charge in [0.1, 0.15) is 6.61 Å². The topological polar surface area (TPSA) is 98.1 Å². The first-order valence-electron chi connectivity index (χ1n) is 10.4. The average molecular weight is 496 g/mol. The first-order chi connectivity index (χ1) is 16.0. The number of nitrogens with zero attached hydrogens (tertiary/aromatic N) is 6. The number of hydrogen-bond donors (Lipinski definition) is 1. The number of carbonyl (C=O) groups is 1. The number of halogens is 4. The maximum absolute atomic E-state index is 12.8. The Bertz CT molecular complexity index is 1180. The minimum atomic E-state index is -4.40. The van der Waals surface area contributed by atoms with E-state index in [1.54, 1.807) is 17.7 Å². The summed E-state index contributed by atoms with van der Waals surface area (Å²) < 4.78 is 45.1. The molecule has 4 rings (SSSR count). The summed E-state index contributed by atoms with van der Waals surface area (Å²) in [4.78, 5) is 30.4. The highest BCUT2D eigenvalue weighted by Gasteiger charge is 2.38. The molecule has 1 fully saturated rings. The lowest BCUT2D eigenvalue weighted by atomic mass is 10.1. The van der Waals surface area contributed by atoms with E-state index < -0.39 is 23.9 Å². The summed E-state index contributed by atoms with van der Waals surface area (Å²) in [6.07, 6.45) is -1.79. The molecule has 1 unspecified atom stereocenters. The molecule has 1 aromatic carbocycles. The molecule has 0 aliphatic carbocycles. The van der Waals surface area contributed by atoms with Gasteiger partial charge in [0.05, 0.1) is 29.7 Å². The second-order valence-corrected chi connectivity index (χ2v) is 8.44. The number of cyclic esters (lactones) is 1. The smallest absolute Gasteiger partial charge is 0.417 e. The van der Waals surface area contributed by atoms with Gasteiger partial charge in [-0.2, -0.15) is 28.1 Å². The van der Waals surface area contributed by atoms with Crippen molar-refractivity contribution in [2.75, 3.05) is 16.8 Å². The van der Waals surface area contributed by atoms with Gasteiger partial charge in [0.15, 0.2) is 0 Å². The zero-order chi connectivity index (χ0) is 24.6. The number of benzene rings is 1. The van der Waals surface area contributed by atoms with Gasteiger partial charge in [-0.1, -0.05) is 13.8 Å². The third-order valence-electron chi connectivity index (χ3n) is 5.37. The van der Waals surface area contributed by atoms with E-state index >= 15 is 0 Å². The number of nitrogens with one attached hydrogen (secondary N) is 1. The minimum Gasteiger partial charge on any atom is -0.447 e. The number of aromatic nitrogens is 5. The molecule has 3 heterocycles. The number of ether oxygens (including phenoxy) is 1. The van der Waals surface area contributed by atoms with Crippen LogP contribution in [0.15, 0.2) is 36.8 Å². The molecule has 0 saturated carbocycles. The van der Waals surface area contributed by atoms with E-state index in [2.05, 4.69) is 25.3 Å². The standard InChI is InChI=1S/C21H21ClF3N7O2/c1-11(2)16-9-34-20(33)32(16)19-29-17(22)28-18(30-19)27-12(3)15-8-31(10-26-15)14-6-4-13(5-7-14)21(23,24)25/h4-8,10-12,16H,9H2,1-3H3,(H,27,28,29,30)/t12-,16?/m0/s1. The quantitative estimate of drug-likeness (QED) is 0.520. The Morgan fingerprint density at radius 2 is 1.85 bits per heavy atom. The van der Waals surface area contributed by atoms with Crippen LogP contribution in [0.5, 0.6) is 0 Å². The van der Waals surface area contributed by atoms with Crippen molar-refractivity contribution in [1.29, 1.82) is 0 Å². The molecule has 13 heteroatoms. The molecule has 3 aromatic rings. The molecule has 0 spiro atoms. The van der Waals surface area contributed by atoms with E-state index in [1.807, 2.05) is 13.8 Å². The Morgan fingerprint density at radius 3 is 2.50 bits per heavy atom. The molecule has 2 atom stereocenters. The second-order valence-electron chi connectivity index (χ2n) is 8.10. The number of alkyl halides is 3. The zero-order valence-corrected chi connectivity index (χ0v) is 19.2. The number of carbonyl (C=O) groups excluding carboxylic acids is 1. The molecule has 1 aliphatic heterocycles. The van der Waals surface area contributed by atoms with Crippen LogP contribution in [0.3, 0.4) is 0 Å². The molecule has 1 saturated heterocycles.